The lowest BCUT2D eigenvalue weighted by atomic mass is 9.94. The van der Waals surface area contributed by atoms with Gasteiger partial charge in [-0.2, -0.15) is 0 Å². The number of rotatable bonds is 3. The van der Waals surface area contributed by atoms with Gasteiger partial charge in [-0.25, -0.2) is 0 Å². The van der Waals surface area contributed by atoms with Crippen molar-refractivity contribution in [1.82, 2.24) is 9.80 Å². The van der Waals surface area contributed by atoms with E-state index in [1.165, 1.54) is 11.3 Å². The summed E-state index contributed by atoms with van der Waals surface area (Å²) in [5, 5.41) is 0. The van der Waals surface area contributed by atoms with Crippen molar-refractivity contribution in [3.63, 3.8) is 0 Å². The molecule has 0 saturated carbocycles. The molecule has 122 valence electrons. The SMILES string of the molecule is CN(C)Cc1cccc(N2CCN(C(=O)C(C)(C)C)CC2)c1. The summed E-state index contributed by atoms with van der Waals surface area (Å²) in [5.74, 6) is 0.258. The zero-order valence-electron chi connectivity index (χ0n) is 14.6. The number of anilines is 1. The van der Waals surface area contributed by atoms with Crippen molar-refractivity contribution < 1.29 is 4.79 Å². The van der Waals surface area contributed by atoms with Gasteiger partial charge in [0.15, 0.2) is 0 Å². The molecule has 0 atom stereocenters. The topological polar surface area (TPSA) is 26.8 Å². The minimum absolute atomic E-state index is 0.258. The molecule has 1 saturated heterocycles. The van der Waals surface area contributed by atoms with Crippen molar-refractivity contribution >= 4 is 11.6 Å². The van der Waals surface area contributed by atoms with Crippen LogP contribution in [0.4, 0.5) is 5.69 Å². The van der Waals surface area contributed by atoms with E-state index in [0.717, 1.165) is 32.7 Å². The standard InChI is InChI=1S/C18H29N3O/c1-18(2,3)17(22)21-11-9-20(10-12-21)16-8-6-7-15(13-16)14-19(4)5/h6-8,13H,9-12,14H2,1-5H3. The van der Waals surface area contributed by atoms with E-state index in [2.05, 4.69) is 48.2 Å². The third-order valence-corrected chi connectivity index (χ3v) is 3.98. The van der Waals surface area contributed by atoms with Crippen LogP contribution in [0.25, 0.3) is 0 Å². The number of hydrogen-bond acceptors (Lipinski definition) is 3. The second kappa shape index (κ2) is 6.69. The van der Waals surface area contributed by atoms with E-state index in [1.54, 1.807) is 0 Å². The molecule has 0 spiro atoms. The maximum atomic E-state index is 12.3. The minimum atomic E-state index is -0.284. The first-order valence-electron chi connectivity index (χ1n) is 8.05. The Morgan fingerprint density at radius 2 is 1.77 bits per heavy atom. The molecule has 1 heterocycles. The minimum Gasteiger partial charge on any atom is -0.368 e. The van der Waals surface area contributed by atoms with Crippen LogP contribution >= 0.6 is 0 Å². The summed E-state index contributed by atoms with van der Waals surface area (Å²) in [5.41, 5.74) is 2.31. The molecule has 0 aliphatic carbocycles. The molecule has 2 rings (SSSR count). The van der Waals surface area contributed by atoms with Gasteiger partial charge in [0, 0.05) is 43.8 Å². The van der Waals surface area contributed by atoms with Crippen molar-refractivity contribution in [1.29, 1.82) is 0 Å². The average Bonchev–Trinajstić information content (AvgIpc) is 2.45. The van der Waals surface area contributed by atoms with Crippen molar-refractivity contribution in [2.24, 2.45) is 5.41 Å². The molecule has 1 aliphatic heterocycles. The maximum Gasteiger partial charge on any atom is 0.228 e. The van der Waals surface area contributed by atoms with Gasteiger partial charge >= 0.3 is 0 Å². The van der Waals surface area contributed by atoms with Crippen LogP contribution in [0.15, 0.2) is 24.3 Å². The molecule has 22 heavy (non-hydrogen) atoms. The van der Waals surface area contributed by atoms with Crippen LogP contribution in [0, 0.1) is 5.41 Å². The quantitative estimate of drug-likeness (QED) is 0.858. The number of hydrogen-bond donors (Lipinski definition) is 0. The fourth-order valence-electron chi connectivity index (χ4n) is 2.86. The van der Waals surface area contributed by atoms with Gasteiger partial charge in [-0.1, -0.05) is 32.9 Å². The van der Waals surface area contributed by atoms with Crippen LogP contribution in [0.5, 0.6) is 0 Å². The highest BCUT2D eigenvalue weighted by molar-refractivity contribution is 5.81. The number of carbonyl (C=O) groups is 1. The van der Waals surface area contributed by atoms with E-state index in [0.29, 0.717) is 0 Å². The number of nitrogens with zero attached hydrogens (tertiary/aromatic N) is 3. The third-order valence-electron chi connectivity index (χ3n) is 3.98. The summed E-state index contributed by atoms with van der Waals surface area (Å²) < 4.78 is 0. The first-order chi connectivity index (χ1) is 10.3. The Hall–Kier alpha value is -1.55. The maximum absolute atomic E-state index is 12.3. The Morgan fingerprint density at radius 3 is 2.32 bits per heavy atom. The van der Waals surface area contributed by atoms with Gasteiger partial charge in [0.25, 0.3) is 0 Å². The summed E-state index contributed by atoms with van der Waals surface area (Å²) in [4.78, 5) is 18.9. The molecular formula is C18H29N3O. The second-order valence-corrected chi connectivity index (χ2v) is 7.44. The first-order valence-corrected chi connectivity index (χ1v) is 8.05. The van der Waals surface area contributed by atoms with E-state index < -0.39 is 0 Å². The largest absolute Gasteiger partial charge is 0.368 e. The van der Waals surface area contributed by atoms with Gasteiger partial charge in [0.05, 0.1) is 0 Å². The molecule has 1 aliphatic rings. The molecule has 0 radical (unpaired) electrons. The Labute approximate surface area is 134 Å². The molecule has 1 aromatic carbocycles. The molecule has 0 aromatic heterocycles. The lowest BCUT2D eigenvalue weighted by molar-refractivity contribution is -0.139. The van der Waals surface area contributed by atoms with Crippen molar-refractivity contribution in [2.75, 3.05) is 45.2 Å². The van der Waals surface area contributed by atoms with E-state index >= 15 is 0 Å². The zero-order chi connectivity index (χ0) is 16.3. The molecule has 0 bridgehead atoms. The first kappa shape index (κ1) is 16.8. The smallest absolute Gasteiger partial charge is 0.228 e. The molecule has 1 aromatic rings. The van der Waals surface area contributed by atoms with Gasteiger partial charge in [-0.3, -0.25) is 4.79 Å². The van der Waals surface area contributed by atoms with Crippen LogP contribution in [0.1, 0.15) is 26.3 Å². The number of piperazine rings is 1. The van der Waals surface area contributed by atoms with Crippen LogP contribution in [-0.2, 0) is 11.3 Å². The summed E-state index contributed by atoms with van der Waals surface area (Å²) in [6.45, 7) is 10.4. The van der Waals surface area contributed by atoms with Gasteiger partial charge in [-0.15, -0.1) is 0 Å². The van der Waals surface area contributed by atoms with Crippen LogP contribution < -0.4 is 4.90 Å². The molecule has 1 amide bonds. The summed E-state index contributed by atoms with van der Waals surface area (Å²) >= 11 is 0. The van der Waals surface area contributed by atoms with Crippen molar-refractivity contribution in [3.05, 3.63) is 29.8 Å². The second-order valence-electron chi connectivity index (χ2n) is 7.44. The molecule has 4 heteroatoms. The fourth-order valence-corrected chi connectivity index (χ4v) is 2.86. The Bertz CT molecular complexity index is 511. The van der Waals surface area contributed by atoms with Crippen LogP contribution in [0.2, 0.25) is 0 Å². The molecule has 4 nitrogen and oxygen atoms in total. The predicted molar refractivity (Wildman–Crippen MR) is 92.1 cm³/mol. The summed E-state index contributed by atoms with van der Waals surface area (Å²) in [7, 11) is 4.17. The molecule has 0 N–H and O–H groups in total. The number of amides is 1. The molecule has 0 unspecified atom stereocenters. The average molecular weight is 303 g/mol. The van der Waals surface area contributed by atoms with E-state index in [1.807, 2.05) is 25.7 Å². The monoisotopic (exact) mass is 303 g/mol. The van der Waals surface area contributed by atoms with Crippen LogP contribution in [0.3, 0.4) is 0 Å². The van der Waals surface area contributed by atoms with Gasteiger partial charge in [-0.05, 0) is 31.8 Å². The molecule has 1 fully saturated rings. The van der Waals surface area contributed by atoms with Crippen LogP contribution in [-0.4, -0.2) is 56.0 Å². The Morgan fingerprint density at radius 1 is 1.14 bits per heavy atom. The fraction of sp³-hybridized carbons (Fsp3) is 0.611. The lowest BCUT2D eigenvalue weighted by Crippen LogP contribution is -2.51. The summed E-state index contributed by atoms with van der Waals surface area (Å²) in [6.07, 6.45) is 0. The normalized spacial score (nSPS) is 16.3. The number of benzene rings is 1. The highest BCUT2D eigenvalue weighted by Gasteiger charge is 2.29. The van der Waals surface area contributed by atoms with E-state index in [9.17, 15) is 4.79 Å². The Kier molecular flexibility index (Phi) is 5.12. The zero-order valence-corrected chi connectivity index (χ0v) is 14.6. The third kappa shape index (κ3) is 4.23. The Balaban J connectivity index is 1.98. The van der Waals surface area contributed by atoms with Crippen molar-refractivity contribution in [2.45, 2.75) is 27.3 Å². The van der Waals surface area contributed by atoms with Gasteiger partial charge < -0.3 is 14.7 Å². The highest BCUT2D eigenvalue weighted by Crippen LogP contribution is 2.22. The molecular weight excluding hydrogens is 274 g/mol. The van der Waals surface area contributed by atoms with E-state index in [4.69, 9.17) is 0 Å². The predicted octanol–water partition coefficient (Wildman–Crippen LogP) is 2.44. The van der Waals surface area contributed by atoms with Gasteiger partial charge in [0.2, 0.25) is 5.91 Å². The highest BCUT2D eigenvalue weighted by atomic mass is 16.2. The van der Waals surface area contributed by atoms with E-state index in [-0.39, 0.29) is 11.3 Å². The summed E-state index contributed by atoms with van der Waals surface area (Å²) in [6, 6.07) is 8.73. The van der Waals surface area contributed by atoms with Crippen molar-refractivity contribution in [3.8, 4) is 0 Å². The number of carbonyl (C=O) groups excluding carboxylic acids is 1. The lowest BCUT2D eigenvalue weighted by Gasteiger charge is -2.38. The van der Waals surface area contributed by atoms with Gasteiger partial charge in [0.1, 0.15) is 0 Å².